The SMILES string of the molecule is Cn1c(C(F)(F)C(F)(F)C(F)(F)F)[n+](C)c2ccccc21.F[B-](F)(F)F. The number of halogens is 11. The van der Waals surface area contributed by atoms with Gasteiger partial charge in [-0.2, -0.15) is 30.7 Å². The third-order valence-corrected chi connectivity index (χ3v) is 3.27. The van der Waals surface area contributed by atoms with Crippen LogP contribution >= 0.6 is 0 Å². The Labute approximate surface area is 138 Å². The molecule has 0 radical (unpaired) electrons. The van der Waals surface area contributed by atoms with Crippen LogP contribution in [0.3, 0.4) is 0 Å². The lowest BCUT2D eigenvalue weighted by Crippen LogP contribution is -2.55. The van der Waals surface area contributed by atoms with E-state index in [0.29, 0.717) is 9.13 Å². The molecule has 0 saturated heterocycles. The summed E-state index contributed by atoms with van der Waals surface area (Å²) in [5.74, 6) is -13.0. The Kier molecular flexibility index (Phi) is 5.60. The van der Waals surface area contributed by atoms with E-state index in [4.69, 9.17) is 0 Å². The highest BCUT2D eigenvalue weighted by atomic mass is 19.5. The summed E-state index contributed by atoms with van der Waals surface area (Å²) in [6, 6.07) is 5.62. The first-order valence-corrected chi connectivity index (χ1v) is 6.56. The largest absolute Gasteiger partial charge is 0.673 e. The molecule has 148 valence electrons. The minimum atomic E-state index is -6.36. The predicted molar refractivity (Wildman–Crippen MR) is 69.2 cm³/mol. The fourth-order valence-electron chi connectivity index (χ4n) is 2.22. The van der Waals surface area contributed by atoms with Crippen molar-refractivity contribution in [3.05, 3.63) is 30.1 Å². The minimum absolute atomic E-state index is 0.118. The molecule has 0 aliphatic carbocycles. The van der Waals surface area contributed by atoms with Gasteiger partial charge >= 0.3 is 31.1 Å². The number of rotatable bonds is 2. The second kappa shape index (κ2) is 6.61. The van der Waals surface area contributed by atoms with E-state index in [1.807, 2.05) is 0 Å². The highest BCUT2D eigenvalue weighted by Gasteiger charge is 2.77. The van der Waals surface area contributed by atoms with Crippen molar-refractivity contribution in [2.24, 2.45) is 14.1 Å². The molecule has 1 aromatic carbocycles. The molecule has 0 saturated carbocycles. The van der Waals surface area contributed by atoms with Gasteiger partial charge in [0.25, 0.3) is 0 Å². The van der Waals surface area contributed by atoms with Crippen LogP contribution in [0.2, 0.25) is 0 Å². The number of benzene rings is 1. The Morgan fingerprint density at radius 3 is 1.69 bits per heavy atom. The normalized spacial score (nSPS) is 13.6. The van der Waals surface area contributed by atoms with Crippen molar-refractivity contribution in [3.63, 3.8) is 0 Å². The highest BCUT2D eigenvalue weighted by Crippen LogP contribution is 2.51. The van der Waals surface area contributed by atoms with Crippen LogP contribution in [0.4, 0.5) is 48.0 Å². The van der Waals surface area contributed by atoms with E-state index >= 15 is 0 Å². The Morgan fingerprint density at radius 1 is 0.885 bits per heavy atom. The topological polar surface area (TPSA) is 8.81 Å². The van der Waals surface area contributed by atoms with Gasteiger partial charge in [0.05, 0.1) is 14.1 Å². The molecule has 2 rings (SSSR count). The minimum Gasteiger partial charge on any atom is -0.418 e. The van der Waals surface area contributed by atoms with Gasteiger partial charge in [-0.3, -0.25) is 0 Å². The predicted octanol–water partition coefficient (Wildman–Crippen LogP) is 4.59. The molecule has 0 atom stereocenters. The number of aryl methyl sites for hydroxylation is 2. The van der Waals surface area contributed by atoms with E-state index < -0.39 is 31.1 Å². The zero-order valence-electron chi connectivity index (χ0n) is 12.9. The van der Waals surface area contributed by atoms with Gasteiger partial charge in [0.1, 0.15) is 0 Å². The average Bonchev–Trinajstić information content (AvgIpc) is 2.68. The maximum Gasteiger partial charge on any atom is 0.673 e. The van der Waals surface area contributed by atoms with Crippen LogP contribution in [0, 0.1) is 0 Å². The molecule has 1 aromatic heterocycles. The van der Waals surface area contributed by atoms with E-state index in [-0.39, 0.29) is 11.0 Å². The van der Waals surface area contributed by atoms with Crippen LogP contribution in [-0.4, -0.2) is 23.9 Å². The van der Waals surface area contributed by atoms with Crippen LogP contribution in [-0.2, 0) is 20.0 Å². The molecule has 0 bridgehead atoms. The summed E-state index contributed by atoms with van der Waals surface area (Å²) in [4.78, 5) is 0. The number of alkyl halides is 7. The fourth-order valence-corrected chi connectivity index (χ4v) is 2.22. The number of nitrogens with zero attached hydrogens (tertiary/aromatic N) is 2. The van der Waals surface area contributed by atoms with Gasteiger partial charge in [-0.15, -0.1) is 0 Å². The lowest BCUT2D eigenvalue weighted by atomic mass is 10.1. The molecule has 0 N–H and O–H groups in total. The van der Waals surface area contributed by atoms with Crippen LogP contribution < -0.4 is 4.57 Å². The molecule has 2 aromatic rings. The second-order valence-electron chi connectivity index (χ2n) is 5.07. The van der Waals surface area contributed by atoms with Crippen molar-refractivity contribution in [2.75, 3.05) is 0 Å². The van der Waals surface area contributed by atoms with Crippen molar-refractivity contribution < 1.29 is 52.6 Å². The first-order valence-electron chi connectivity index (χ1n) is 6.56. The Hall–Kier alpha value is -2.02. The molecule has 0 fully saturated rings. The Morgan fingerprint density at radius 2 is 1.31 bits per heavy atom. The summed E-state index contributed by atoms with van der Waals surface area (Å²) >= 11 is 0. The van der Waals surface area contributed by atoms with E-state index in [2.05, 4.69) is 0 Å². The maximum absolute atomic E-state index is 13.9. The quantitative estimate of drug-likeness (QED) is 0.395. The molecule has 2 nitrogen and oxygen atoms in total. The van der Waals surface area contributed by atoms with E-state index in [1.165, 1.54) is 24.3 Å². The number of hydrogen-bond acceptors (Lipinski definition) is 0. The van der Waals surface area contributed by atoms with Crippen LogP contribution in [0.15, 0.2) is 24.3 Å². The van der Waals surface area contributed by atoms with Crippen molar-refractivity contribution in [3.8, 4) is 0 Å². The van der Waals surface area contributed by atoms with Gasteiger partial charge in [0, 0.05) is 0 Å². The van der Waals surface area contributed by atoms with Gasteiger partial charge in [0.15, 0.2) is 11.0 Å². The van der Waals surface area contributed by atoms with Gasteiger partial charge in [-0.25, -0.2) is 9.13 Å². The molecule has 0 aliphatic heterocycles. The summed E-state index contributed by atoms with van der Waals surface area (Å²) in [5, 5.41) is 0. The van der Waals surface area contributed by atoms with Crippen molar-refractivity contribution in [1.82, 2.24) is 4.57 Å². The fraction of sp³-hybridized carbons (Fsp3) is 0.417. The van der Waals surface area contributed by atoms with Crippen LogP contribution in [0.5, 0.6) is 0 Å². The van der Waals surface area contributed by atoms with Crippen molar-refractivity contribution in [1.29, 1.82) is 0 Å². The third kappa shape index (κ3) is 4.03. The van der Waals surface area contributed by atoms with Gasteiger partial charge < -0.3 is 17.3 Å². The molecule has 14 heteroatoms. The summed E-state index contributed by atoms with van der Waals surface area (Å²) in [6.45, 7) is 0. The third-order valence-electron chi connectivity index (χ3n) is 3.27. The summed E-state index contributed by atoms with van der Waals surface area (Å²) in [7, 11) is -3.98. The summed E-state index contributed by atoms with van der Waals surface area (Å²) in [6.07, 6.45) is -6.36. The average molecular weight is 402 g/mol. The monoisotopic (exact) mass is 402 g/mol. The van der Waals surface area contributed by atoms with Gasteiger partial charge in [-0.1, -0.05) is 12.1 Å². The molecular weight excluding hydrogens is 392 g/mol. The van der Waals surface area contributed by atoms with E-state index in [9.17, 15) is 48.0 Å². The lowest BCUT2D eigenvalue weighted by Gasteiger charge is -2.25. The van der Waals surface area contributed by atoms with Gasteiger partial charge in [0.2, 0.25) is 0 Å². The van der Waals surface area contributed by atoms with Gasteiger partial charge in [-0.05, 0) is 12.1 Å². The number of hydrogen-bond donors (Lipinski definition) is 0. The zero-order chi connectivity index (χ0) is 20.7. The summed E-state index contributed by atoms with van der Waals surface area (Å²) < 4.78 is 131. The molecule has 0 amide bonds. The van der Waals surface area contributed by atoms with Crippen LogP contribution in [0.25, 0.3) is 11.0 Å². The number of imidazole rings is 1. The molecule has 1 heterocycles. The number of fused-ring (bicyclic) bond motifs is 1. The standard InChI is InChI=1S/C12H10F7N2.BF4/c1-20-7-5-3-4-6-8(7)21(2)9(20)10(13,14)11(15,16)12(17,18)19;2-1(3,4)5/h3-6H,1-2H3;/q+1;-1. The molecule has 0 unspecified atom stereocenters. The first-order chi connectivity index (χ1) is 11.4. The number of para-hydroxylation sites is 2. The zero-order valence-corrected chi connectivity index (χ0v) is 12.9. The smallest absolute Gasteiger partial charge is 0.418 e. The Bertz CT molecular complexity index is 731. The molecule has 0 aliphatic rings. The van der Waals surface area contributed by atoms with Crippen molar-refractivity contribution >= 4 is 18.3 Å². The summed E-state index contributed by atoms with van der Waals surface area (Å²) in [5.41, 5.74) is 0.236. The molecule has 26 heavy (non-hydrogen) atoms. The molecule has 0 spiro atoms. The number of aromatic nitrogens is 2. The second-order valence-corrected chi connectivity index (χ2v) is 5.07. The highest BCUT2D eigenvalue weighted by molar-refractivity contribution is 6.50. The Balaban J connectivity index is 0.000000597. The van der Waals surface area contributed by atoms with E-state index in [1.54, 1.807) is 0 Å². The maximum atomic E-state index is 13.9. The molecular formula is C12H10BF11N2. The first kappa shape index (κ1) is 22.0. The van der Waals surface area contributed by atoms with Crippen LogP contribution in [0.1, 0.15) is 5.82 Å². The van der Waals surface area contributed by atoms with Crippen molar-refractivity contribution in [2.45, 2.75) is 18.0 Å². The lowest BCUT2D eigenvalue weighted by molar-refractivity contribution is -0.668. The van der Waals surface area contributed by atoms with E-state index in [0.717, 1.165) is 14.1 Å².